The molecule has 1 unspecified atom stereocenters. The summed E-state index contributed by atoms with van der Waals surface area (Å²) in [5, 5.41) is 2.83. The second kappa shape index (κ2) is 9.53. The molecule has 0 bridgehead atoms. The molecule has 1 aromatic rings. The van der Waals surface area contributed by atoms with Gasteiger partial charge in [-0.2, -0.15) is 0 Å². The van der Waals surface area contributed by atoms with Crippen LogP contribution in [-0.4, -0.2) is 49.6 Å². The van der Waals surface area contributed by atoms with E-state index in [4.69, 9.17) is 10.5 Å². The number of nitrogens with zero attached hydrogens (tertiary/aromatic N) is 1. The van der Waals surface area contributed by atoms with Crippen LogP contribution >= 0.6 is 0 Å². The van der Waals surface area contributed by atoms with Crippen molar-refractivity contribution in [3.8, 4) is 0 Å². The van der Waals surface area contributed by atoms with Crippen molar-refractivity contribution in [3.63, 3.8) is 0 Å². The van der Waals surface area contributed by atoms with Gasteiger partial charge in [-0.1, -0.05) is 31.4 Å². The van der Waals surface area contributed by atoms with Gasteiger partial charge in [0.1, 0.15) is 0 Å². The Kier molecular flexibility index (Phi) is 7.40. The number of rotatable bonds is 7. The molecule has 0 aromatic heterocycles. The van der Waals surface area contributed by atoms with E-state index in [9.17, 15) is 9.59 Å². The minimum atomic E-state index is -0.326. The molecule has 0 radical (unpaired) electrons. The molecule has 138 valence electrons. The third-order valence-corrected chi connectivity index (χ3v) is 4.88. The van der Waals surface area contributed by atoms with Crippen molar-refractivity contribution in [1.82, 2.24) is 4.90 Å². The first kappa shape index (κ1) is 19.4. The second-order valence-electron chi connectivity index (χ2n) is 6.60. The second-order valence-corrected chi connectivity index (χ2v) is 6.60. The fraction of sp³-hybridized carbons (Fsp3) is 0.579. The predicted octanol–water partition coefficient (Wildman–Crippen LogP) is 2.39. The van der Waals surface area contributed by atoms with Crippen LogP contribution in [-0.2, 0) is 9.53 Å². The van der Waals surface area contributed by atoms with E-state index in [2.05, 4.69) is 5.32 Å². The van der Waals surface area contributed by atoms with E-state index >= 15 is 0 Å². The van der Waals surface area contributed by atoms with E-state index in [-0.39, 0.29) is 36.9 Å². The number of nitrogens with two attached hydrogens (primary N) is 1. The Hall–Kier alpha value is -1.92. The standard InChI is InChI=1S/C19H29N3O3/c1-22(14-8-4-3-5-9-14)19(24)16-10-6-7-11-17(16)21-18(23)12-15(13-20)25-2/h6-7,10-11,14-15H,3-5,8-9,12-13,20H2,1-2H3,(H,21,23). The number of benzene rings is 1. The van der Waals surface area contributed by atoms with Crippen molar-refractivity contribution in [2.45, 2.75) is 50.7 Å². The number of methoxy groups -OCH3 is 1. The summed E-state index contributed by atoms with van der Waals surface area (Å²) < 4.78 is 5.14. The minimum Gasteiger partial charge on any atom is -0.380 e. The molecule has 2 amide bonds. The monoisotopic (exact) mass is 347 g/mol. The van der Waals surface area contributed by atoms with Crippen molar-refractivity contribution in [2.75, 3.05) is 26.0 Å². The number of hydrogen-bond acceptors (Lipinski definition) is 4. The van der Waals surface area contributed by atoms with Gasteiger partial charge in [0.25, 0.3) is 5.91 Å². The van der Waals surface area contributed by atoms with E-state index in [0.717, 1.165) is 25.7 Å². The molecule has 1 aromatic carbocycles. The Balaban J connectivity index is 2.08. The molecule has 0 heterocycles. The number of anilines is 1. The number of hydrogen-bond donors (Lipinski definition) is 2. The summed E-state index contributed by atoms with van der Waals surface area (Å²) in [5.41, 5.74) is 6.61. The van der Waals surface area contributed by atoms with Gasteiger partial charge < -0.3 is 20.7 Å². The maximum absolute atomic E-state index is 12.9. The molecule has 0 aliphatic heterocycles. The van der Waals surface area contributed by atoms with Gasteiger partial charge in [-0.05, 0) is 25.0 Å². The zero-order valence-corrected chi connectivity index (χ0v) is 15.2. The lowest BCUT2D eigenvalue weighted by Gasteiger charge is -2.31. The average Bonchev–Trinajstić information content (AvgIpc) is 2.66. The van der Waals surface area contributed by atoms with E-state index < -0.39 is 0 Å². The van der Waals surface area contributed by atoms with Crippen molar-refractivity contribution in [1.29, 1.82) is 0 Å². The van der Waals surface area contributed by atoms with E-state index in [1.54, 1.807) is 12.1 Å². The highest BCUT2D eigenvalue weighted by Crippen LogP contribution is 2.25. The Bertz CT molecular complexity index is 581. The topological polar surface area (TPSA) is 84.7 Å². The number of amides is 2. The van der Waals surface area contributed by atoms with Gasteiger partial charge in [0.2, 0.25) is 5.91 Å². The van der Waals surface area contributed by atoms with Gasteiger partial charge in [0, 0.05) is 26.7 Å². The van der Waals surface area contributed by atoms with Crippen molar-refractivity contribution >= 4 is 17.5 Å². The zero-order chi connectivity index (χ0) is 18.2. The lowest BCUT2D eigenvalue weighted by molar-refractivity contribution is -0.118. The zero-order valence-electron chi connectivity index (χ0n) is 15.2. The molecule has 1 saturated carbocycles. The van der Waals surface area contributed by atoms with E-state index in [1.807, 2.05) is 24.1 Å². The third-order valence-electron chi connectivity index (χ3n) is 4.88. The van der Waals surface area contributed by atoms with Crippen LogP contribution in [0.5, 0.6) is 0 Å². The summed E-state index contributed by atoms with van der Waals surface area (Å²) in [6.45, 7) is 0.273. The molecule has 2 rings (SSSR count). The molecule has 1 aliphatic carbocycles. The van der Waals surface area contributed by atoms with Crippen LogP contribution in [0.3, 0.4) is 0 Å². The highest BCUT2D eigenvalue weighted by molar-refractivity contribution is 6.03. The maximum atomic E-state index is 12.9. The molecular formula is C19H29N3O3. The Labute approximate surface area is 149 Å². The van der Waals surface area contributed by atoms with Crippen molar-refractivity contribution in [3.05, 3.63) is 29.8 Å². The summed E-state index contributed by atoms with van der Waals surface area (Å²) in [5.74, 6) is -0.261. The van der Waals surface area contributed by atoms with Gasteiger partial charge in [-0.15, -0.1) is 0 Å². The smallest absolute Gasteiger partial charge is 0.255 e. The van der Waals surface area contributed by atoms with Crippen molar-refractivity contribution < 1.29 is 14.3 Å². The minimum absolute atomic E-state index is 0.0510. The molecule has 25 heavy (non-hydrogen) atoms. The van der Waals surface area contributed by atoms with Gasteiger partial charge in [0.15, 0.2) is 0 Å². The van der Waals surface area contributed by atoms with E-state index in [0.29, 0.717) is 11.3 Å². The Morgan fingerprint density at radius 1 is 1.28 bits per heavy atom. The first-order valence-corrected chi connectivity index (χ1v) is 8.95. The molecule has 1 atom stereocenters. The lowest BCUT2D eigenvalue weighted by Crippen LogP contribution is -2.38. The largest absolute Gasteiger partial charge is 0.380 e. The van der Waals surface area contributed by atoms with Crippen LogP contribution in [0.25, 0.3) is 0 Å². The highest BCUT2D eigenvalue weighted by atomic mass is 16.5. The number of carbonyl (C=O) groups is 2. The third kappa shape index (κ3) is 5.28. The van der Waals surface area contributed by atoms with E-state index in [1.165, 1.54) is 13.5 Å². The molecule has 1 aliphatic rings. The molecule has 1 fully saturated rings. The number of ether oxygens (including phenoxy) is 1. The molecule has 6 heteroatoms. The SMILES string of the molecule is COC(CN)CC(=O)Nc1ccccc1C(=O)N(C)C1CCCCC1. The van der Waals surface area contributed by atoms with Crippen LogP contribution in [0.2, 0.25) is 0 Å². The summed E-state index contributed by atoms with van der Waals surface area (Å²) in [7, 11) is 3.38. The number of carbonyl (C=O) groups excluding carboxylic acids is 2. The van der Waals surface area contributed by atoms with Crippen LogP contribution < -0.4 is 11.1 Å². The summed E-state index contributed by atoms with van der Waals surface area (Å²) in [6, 6.07) is 7.41. The lowest BCUT2D eigenvalue weighted by atomic mass is 9.94. The summed E-state index contributed by atoms with van der Waals surface area (Å²) >= 11 is 0. The molecule has 0 saturated heterocycles. The van der Waals surface area contributed by atoms with Crippen LogP contribution in [0.15, 0.2) is 24.3 Å². The number of para-hydroxylation sites is 1. The number of nitrogens with one attached hydrogen (secondary N) is 1. The fourth-order valence-electron chi connectivity index (χ4n) is 3.27. The maximum Gasteiger partial charge on any atom is 0.255 e. The van der Waals surface area contributed by atoms with Crippen LogP contribution in [0, 0.1) is 0 Å². The van der Waals surface area contributed by atoms with Gasteiger partial charge in [0.05, 0.1) is 23.8 Å². The van der Waals surface area contributed by atoms with Crippen LogP contribution in [0.1, 0.15) is 48.9 Å². The quantitative estimate of drug-likeness (QED) is 0.793. The Morgan fingerprint density at radius 3 is 2.60 bits per heavy atom. The molecule has 3 N–H and O–H groups in total. The fourth-order valence-corrected chi connectivity index (χ4v) is 3.27. The van der Waals surface area contributed by atoms with Gasteiger partial charge in [-0.3, -0.25) is 9.59 Å². The van der Waals surface area contributed by atoms with Crippen molar-refractivity contribution in [2.24, 2.45) is 5.73 Å². The van der Waals surface area contributed by atoms with Gasteiger partial charge >= 0.3 is 0 Å². The van der Waals surface area contributed by atoms with Gasteiger partial charge in [-0.25, -0.2) is 0 Å². The highest BCUT2D eigenvalue weighted by Gasteiger charge is 2.25. The average molecular weight is 347 g/mol. The first-order chi connectivity index (χ1) is 12.1. The first-order valence-electron chi connectivity index (χ1n) is 8.95. The predicted molar refractivity (Wildman–Crippen MR) is 98.5 cm³/mol. The normalized spacial score (nSPS) is 16.3. The van der Waals surface area contributed by atoms with Crippen LogP contribution in [0.4, 0.5) is 5.69 Å². The Morgan fingerprint density at radius 2 is 1.96 bits per heavy atom. The summed E-state index contributed by atoms with van der Waals surface area (Å²) in [4.78, 5) is 26.9. The summed E-state index contributed by atoms with van der Waals surface area (Å²) in [6.07, 6.45) is 5.50. The molecular weight excluding hydrogens is 318 g/mol. The molecule has 6 nitrogen and oxygen atoms in total. The molecule has 0 spiro atoms.